The fourth-order valence-electron chi connectivity index (χ4n) is 2.69. The van der Waals surface area contributed by atoms with Gasteiger partial charge in [-0.2, -0.15) is 0 Å². The molecule has 172 valence electrons. The Balaban J connectivity index is 1.71. The maximum absolute atomic E-state index is 13.3. The molecule has 0 spiro atoms. The molecule has 33 heavy (non-hydrogen) atoms. The van der Waals surface area contributed by atoms with Gasteiger partial charge in [0.15, 0.2) is 12.4 Å². The number of nitrogens with zero attached hydrogens (tertiary/aromatic N) is 1. The molecule has 0 radical (unpaired) electrons. The van der Waals surface area contributed by atoms with Crippen molar-refractivity contribution in [3.63, 3.8) is 0 Å². The molecule has 3 amide bonds. The van der Waals surface area contributed by atoms with E-state index in [2.05, 4.69) is 26.0 Å². The topological polar surface area (TPSA) is 102 Å². The quantitative estimate of drug-likeness (QED) is 0.396. The lowest BCUT2D eigenvalue weighted by atomic mass is 10.2. The molecular formula is C21H15BrClFN2O6S. The van der Waals surface area contributed by atoms with E-state index in [-0.39, 0.29) is 28.0 Å². The fourth-order valence-corrected chi connectivity index (χ4v) is 4.52. The normalized spacial score (nSPS) is 14.5. The number of esters is 1. The first kappa shape index (κ1) is 24.7. The van der Waals surface area contributed by atoms with Crippen LogP contribution in [0.3, 0.4) is 0 Å². The number of halogens is 3. The fraction of sp³-hybridized carbons (Fsp3) is 0.143. The second kappa shape index (κ2) is 10.8. The lowest BCUT2D eigenvalue weighted by Gasteiger charge is -2.12. The van der Waals surface area contributed by atoms with Crippen LogP contribution in [0.25, 0.3) is 6.08 Å². The highest BCUT2D eigenvalue weighted by Crippen LogP contribution is 2.37. The molecule has 0 saturated carbocycles. The number of carbonyl (C=O) groups is 4. The number of nitrogens with one attached hydrogen (secondary N) is 1. The lowest BCUT2D eigenvalue weighted by Crippen LogP contribution is -2.36. The van der Waals surface area contributed by atoms with Crippen LogP contribution < -0.4 is 10.1 Å². The van der Waals surface area contributed by atoms with Crippen LogP contribution in [-0.2, 0) is 19.1 Å². The lowest BCUT2D eigenvalue weighted by molar-refractivity contribution is -0.142. The minimum atomic E-state index is -0.655. The first-order valence-electron chi connectivity index (χ1n) is 9.17. The van der Waals surface area contributed by atoms with Gasteiger partial charge in [-0.05, 0) is 69.7 Å². The minimum Gasteiger partial charge on any atom is -0.479 e. The highest BCUT2D eigenvalue weighted by molar-refractivity contribution is 9.10. The van der Waals surface area contributed by atoms with Crippen LogP contribution >= 0.6 is 39.3 Å². The first-order chi connectivity index (χ1) is 15.7. The minimum absolute atomic E-state index is 0.0877. The van der Waals surface area contributed by atoms with Gasteiger partial charge in [0, 0.05) is 5.69 Å². The van der Waals surface area contributed by atoms with Crippen LogP contribution in [0.2, 0.25) is 5.02 Å². The number of amides is 3. The molecule has 1 fully saturated rings. The Labute approximate surface area is 205 Å². The number of rotatable bonds is 7. The summed E-state index contributed by atoms with van der Waals surface area (Å²) < 4.78 is 23.5. The van der Waals surface area contributed by atoms with Crippen molar-refractivity contribution in [3.05, 3.63) is 62.2 Å². The average molecular weight is 558 g/mol. The van der Waals surface area contributed by atoms with Crippen molar-refractivity contribution >= 4 is 74.1 Å². The van der Waals surface area contributed by atoms with Crippen LogP contribution in [0.15, 0.2) is 45.8 Å². The maximum Gasteiger partial charge on any atom is 0.343 e. The van der Waals surface area contributed by atoms with Crippen LogP contribution in [0.1, 0.15) is 5.56 Å². The second-order valence-corrected chi connectivity index (χ2v) is 8.76. The molecule has 1 aliphatic rings. The standard InChI is InChI=1S/C21H15BrClFN2O6S/c1-31-18(28)10-32-19-14(22)5-11(6-15(19)23)7-16-20(29)26(21(30)33-16)9-17(27)25-13-4-2-3-12(24)8-13/h2-8H,9-10H2,1H3,(H,25,27)/b16-7+. The summed E-state index contributed by atoms with van der Waals surface area (Å²) in [6.45, 7) is -0.867. The van der Waals surface area contributed by atoms with Gasteiger partial charge in [-0.25, -0.2) is 9.18 Å². The zero-order chi connectivity index (χ0) is 24.1. The average Bonchev–Trinajstić information content (AvgIpc) is 3.00. The van der Waals surface area contributed by atoms with Crippen molar-refractivity contribution in [2.24, 2.45) is 0 Å². The number of carbonyl (C=O) groups excluding carboxylic acids is 4. The summed E-state index contributed by atoms with van der Waals surface area (Å²) in [5, 5.41) is 1.98. The zero-order valence-corrected chi connectivity index (χ0v) is 20.1. The molecule has 2 aromatic rings. The highest BCUT2D eigenvalue weighted by Gasteiger charge is 2.36. The number of hydrogen-bond donors (Lipinski definition) is 1. The van der Waals surface area contributed by atoms with Crippen molar-refractivity contribution < 1.29 is 33.0 Å². The summed E-state index contributed by atoms with van der Waals surface area (Å²) in [6.07, 6.45) is 1.44. The summed E-state index contributed by atoms with van der Waals surface area (Å²) in [6, 6.07) is 8.31. The molecule has 0 aromatic heterocycles. The molecule has 1 N–H and O–H groups in total. The molecule has 1 saturated heterocycles. The molecule has 0 atom stereocenters. The number of anilines is 1. The van der Waals surface area contributed by atoms with Gasteiger partial charge in [0.25, 0.3) is 11.1 Å². The monoisotopic (exact) mass is 556 g/mol. The molecule has 3 rings (SSSR count). The van der Waals surface area contributed by atoms with Crippen molar-refractivity contribution in [1.82, 2.24) is 4.90 Å². The molecule has 1 aliphatic heterocycles. The highest BCUT2D eigenvalue weighted by atomic mass is 79.9. The Bertz CT molecular complexity index is 1150. The number of benzene rings is 2. The van der Waals surface area contributed by atoms with Gasteiger partial charge in [0.1, 0.15) is 12.4 Å². The summed E-state index contributed by atoms with van der Waals surface area (Å²) in [5.41, 5.74) is 0.684. The van der Waals surface area contributed by atoms with E-state index in [4.69, 9.17) is 16.3 Å². The van der Waals surface area contributed by atoms with Crippen LogP contribution in [0.5, 0.6) is 5.75 Å². The Morgan fingerprint density at radius 2 is 2.03 bits per heavy atom. The molecular weight excluding hydrogens is 543 g/mol. The largest absolute Gasteiger partial charge is 0.479 e. The SMILES string of the molecule is COC(=O)COc1c(Cl)cc(/C=C2/SC(=O)N(CC(=O)Nc3cccc(F)c3)C2=O)cc1Br. The molecule has 8 nitrogen and oxygen atoms in total. The van der Waals surface area contributed by atoms with E-state index in [1.54, 1.807) is 6.07 Å². The van der Waals surface area contributed by atoms with Gasteiger partial charge >= 0.3 is 5.97 Å². The van der Waals surface area contributed by atoms with Crippen molar-refractivity contribution in [1.29, 1.82) is 0 Å². The third kappa shape index (κ3) is 6.34. The van der Waals surface area contributed by atoms with Gasteiger partial charge < -0.3 is 14.8 Å². The van der Waals surface area contributed by atoms with Gasteiger partial charge in [-0.3, -0.25) is 19.3 Å². The Morgan fingerprint density at radius 1 is 1.27 bits per heavy atom. The number of hydrogen-bond acceptors (Lipinski definition) is 7. The zero-order valence-electron chi connectivity index (χ0n) is 16.9. The van der Waals surface area contributed by atoms with Gasteiger partial charge in [0.05, 0.1) is 21.5 Å². The molecule has 0 aliphatic carbocycles. The Morgan fingerprint density at radius 3 is 2.70 bits per heavy atom. The third-order valence-electron chi connectivity index (χ3n) is 4.16. The molecule has 0 bridgehead atoms. The summed E-state index contributed by atoms with van der Waals surface area (Å²) >= 11 is 10.2. The van der Waals surface area contributed by atoms with Crippen LogP contribution in [0.4, 0.5) is 14.9 Å². The van der Waals surface area contributed by atoms with E-state index in [1.165, 1.54) is 37.5 Å². The van der Waals surface area contributed by atoms with Crippen LogP contribution in [-0.4, -0.2) is 48.2 Å². The molecule has 0 unspecified atom stereocenters. The second-order valence-electron chi connectivity index (χ2n) is 6.50. The van der Waals surface area contributed by atoms with E-state index in [0.717, 1.165) is 11.0 Å². The van der Waals surface area contributed by atoms with Gasteiger partial charge in [0.2, 0.25) is 5.91 Å². The van der Waals surface area contributed by atoms with Gasteiger partial charge in [-0.15, -0.1) is 0 Å². The summed E-state index contributed by atoms with van der Waals surface area (Å²) in [5.74, 6) is -2.22. The van der Waals surface area contributed by atoms with Gasteiger partial charge in [-0.1, -0.05) is 17.7 Å². The molecule has 12 heteroatoms. The van der Waals surface area contributed by atoms with E-state index in [0.29, 0.717) is 21.8 Å². The van der Waals surface area contributed by atoms with E-state index >= 15 is 0 Å². The third-order valence-corrected chi connectivity index (χ3v) is 5.94. The Hall–Kier alpha value is -2.89. The van der Waals surface area contributed by atoms with Crippen molar-refractivity contribution in [2.45, 2.75) is 0 Å². The first-order valence-corrected chi connectivity index (χ1v) is 11.2. The van der Waals surface area contributed by atoms with E-state index in [1.807, 2.05) is 0 Å². The molecule has 2 aromatic carbocycles. The van der Waals surface area contributed by atoms with E-state index < -0.39 is 35.4 Å². The predicted molar refractivity (Wildman–Crippen MR) is 124 cm³/mol. The van der Waals surface area contributed by atoms with Crippen LogP contribution in [0, 0.1) is 5.82 Å². The predicted octanol–water partition coefficient (Wildman–Crippen LogP) is 4.47. The van der Waals surface area contributed by atoms with E-state index in [9.17, 15) is 23.6 Å². The number of thioether (sulfide) groups is 1. The smallest absolute Gasteiger partial charge is 0.343 e. The number of methoxy groups -OCH3 is 1. The summed E-state index contributed by atoms with van der Waals surface area (Å²) in [7, 11) is 1.23. The van der Waals surface area contributed by atoms with Crippen molar-refractivity contribution in [3.8, 4) is 5.75 Å². The Kier molecular flexibility index (Phi) is 8.11. The number of ether oxygens (including phenoxy) is 2. The summed E-state index contributed by atoms with van der Waals surface area (Å²) in [4.78, 5) is 49.3. The number of imide groups is 1. The van der Waals surface area contributed by atoms with Crippen molar-refractivity contribution in [2.75, 3.05) is 25.6 Å². The maximum atomic E-state index is 13.3. The molecule has 1 heterocycles.